The van der Waals surface area contributed by atoms with Gasteiger partial charge in [-0.25, -0.2) is 18.7 Å². The summed E-state index contributed by atoms with van der Waals surface area (Å²) in [6.45, 7) is 11.1. The van der Waals surface area contributed by atoms with Crippen LogP contribution in [0.3, 0.4) is 0 Å². The molecule has 0 aliphatic carbocycles. The number of carbonyl (C=O) groups excluding carboxylic acids is 1. The van der Waals surface area contributed by atoms with Crippen LogP contribution >= 0.6 is 0 Å². The summed E-state index contributed by atoms with van der Waals surface area (Å²) in [7, 11) is 0. The van der Waals surface area contributed by atoms with Crippen LogP contribution in [0.5, 0.6) is 5.75 Å². The van der Waals surface area contributed by atoms with E-state index >= 15 is 0 Å². The molecular weight excluding hydrogens is 600 g/mol. The summed E-state index contributed by atoms with van der Waals surface area (Å²) < 4.78 is 35.3. The third-order valence-corrected chi connectivity index (χ3v) is 7.95. The van der Waals surface area contributed by atoms with Gasteiger partial charge in [-0.15, -0.1) is 0 Å². The molecule has 0 aliphatic heterocycles. The fourth-order valence-electron chi connectivity index (χ4n) is 5.74. The van der Waals surface area contributed by atoms with Gasteiger partial charge in [-0.2, -0.15) is 4.73 Å². The van der Waals surface area contributed by atoms with E-state index in [-0.39, 0.29) is 11.6 Å². The van der Waals surface area contributed by atoms with E-state index in [2.05, 4.69) is 41.0 Å². The zero-order valence-electron chi connectivity index (χ0n) is 28.5. The maximum atomic E-state index is 13.8. The van der Waals surface area contributed by atoms with Crippen LogP contribution in [0.25, 0.3) is 33.5 Å². The second-order valence-corrected chi connectivity index (χ2v) is 13.1. The van der Waals surface area contributed by atoms with Crippen molar-refractivity contribution in [1.82, 2.24) is 19.7 Å². The zero-order valence-corrected chi connectivity index (χ0v) is 28.5. The molecule has 0 atom stereocenters. The monoisotopic (exact) mass is 649 g/mol. The highest BCUT2D eigenvalue weighted by Crippen LogP contribution is 2.42. The van der Waals surface area contributed by atoms with Gasteiger partial charge in [0.05, 0.1) is 23.6 Å². The molecule has 0 saturated carbocycles. The Morgan fingerprint density at radius 1 is 0.936 bits per heavy atom. The summed E-state index contributed by atoms with van der Waals surface area (Å²) in [5.41, 5.74) is 3.20. The molecule has 1 amide bonds. The molecule has 0 unspecified atom stereocenters. The summed E-state index contributed by atoms with van der Waals surface area (Å²) in [5, 5.41) is 2.72. The van der Waals surface area contributed by atoms with Gasteiger partial charge in [0.25, 0.3) is 6.43 Å². The Kier molecular flexibility index (Phi) is 13.1. The molecule has 0 fully saturated rings. The van der Waals surface area contributed by atoms with Crippen molar-refractivity contribution in [2.45, 2.75) is 105 Å². The number of hydrogen-bond donors (Lipinski definition) is 1. The van der Waals surface area contributed by atoms with Crippen LogP contribution in [0.4, 0.5) is 14.6 Å². The number of nitrogens with one attached hydrogen (secondary N) is 1. The highest BCUT2D eigenvalue weighted by molar-refractivity contribution is 6.03. The predicted molar refractivity (Wildman–Crippen MR) is 184 cm³/mol. The van der Waals surface area contributed by atoms with Crippen molar-refractivity contribution in [3.8, 4) is 28.3 Å². The van der Waals surface area contributed by atoms with Gasteiger partial charge in [-0.3, -0.25) is 9.78 Å². The van der Waals surface area contributed by atoms with E-state index < -0.39 is 6.43 Å². The average Bonchev–Trinajstić information content (AvgIpc) is 3.36. The first-order valence-corrected chi connectivity index (χ1v) is 16.9. The standard InChI is InChI=1S/C37H49F2N5O3/c1-6-46-30-20-23-41-33-32(28-17-16-18-29(43-28)36(38)39)34(27-19-22-40-31(25-27)42-26(2)45)44(35(30)33)47-24-15-13-11-9-7-8-10-12-14-21-37(3,4)5/h16-20,22-23,25,36H,6-15,21,24H2,1-5H3,(H,40,42,45). The van der Waals surface area contributed by atoms with Gasteiger partial charge >= 0.3 is 0 Å². The van der Waals surface area contributed by atoms with Crippen LogP contribution in [0.15, 0.2) is 48.8 Å². The Labute approximate surface area is 277 Å². The summed E-state index contributed by atoms with van der Waals surface area (Å²) >= 11 is 0. The lowest BCUT2D eigenvalue weighted by atomic mass is 9.89. The van der Waals surface area contributed by atoms with Crippen molar-refractivity contribution in [2.75, 3.05) is 18.5 Å². The first kappa shape index (κ1) is 35.8. The van der Waals surface area contributed by atoms with Gasteiger partial charge in [0.1, 0.15) is 34.9 Å². The minimum absolute atomic E-state index is 0.265. The number of rotatable bonds is 18. The van der Waals surface area contributed by atoms with Crippen molar-refractivity contribution in [3.05, 3.63) is 54.5 Å². The second kappa shape index (κ2) is 17.2. The number of pyridine rings is 3. The minimum Gasteiger partial charge on any atom is -0.491 e. The molecule has 10 heteroatoms. The average molecular weight is 650 g/mol. The fraction of sp³-hybridized carbons (Fsp3) is 0.514. The SMILES string of the molecule is CCOc1ccnc2c(-c3cccc(C(F)F)n3)c(-c3ccnc(NC(C)=O)c3)n(OCCCCCCCCCCCC(C)(C)C)c12. The number of nitrogens with zero attached hydrogens (tertiary/aromatic N) is 4. The lowest BCUT2D eigenvalue weighted by Crippen LogP contribution is -2.15. The molecule has 254 valence electrons. The first-order valence-electron chi connectivity index (χ1n) is 16.9. The second-order valence-electron chi connectivity index (χ2n) is 13.1. The van der Waals surface area contributed by atoms with Crippen LogP contribution in [0.1, 0.15) is 111 Å². The summed E-state index contributed by atoms with van der Waals surface area (Å²) in [6.07, 6.45) is 12.4. The van der Waals surface area contributed by atoms with Crippen molar-refractivity contribution in [1.29, 1.82) is 0 Å². The van der Waals surface area contributed by atoms with Crippen molar-refractivity contribution in [2.24, 2.45) is 5.41 Å². The van der Waals surface area contributed by atoms with Gasteiger partial charge in [-0.1, -0.05) is 71.8 Å². The third-order valence-electron chi connectivity index (χ3n) is 7.95. The van der Waals surface area contributed by atoms with E-state index in [1.165, 1.54) is 57.9 Å². The van der Waals surface area contributed by atoms with E-state index in [4.69, 9.17) is 9.57 Å². The Morgan fingerprint density at radius 2 is 1.62 bits per heavy atom. The van der Waals surface area contributed by atoms with Crippen molar-refractivity contribution >= 4 is 22.8 Å². The van der Waals surface area contributed by atoms with Crippen LogP contribution < -0.4 is 14.9 Å². The number of fused-ring (bicyclic) bond motifs is 1. The lowest BCUT2D eigenvalue weighted by molar-refractivity contribution is -0.114. The lowest BCUT2D eigenvalue weighted by Gasteiger charge is -2.17. The molecule has 0 aromatic carbocycles. The first-order chi connectivity index (χ1) is 22.6. The van der Waals surface area contributed by atoms with Crippen molar-refractivity contribution in [3.63, 3.8) is 0 Å². The summed E-state index contributed by atoms with van der Waals surface area (Å²) in [5.74, 6) is 0.631. The number of carbonyl (C=O) groups is 1. The molecule has 4 rings (SSSR count). The van der Waals surface area contributed by atoms with Gasteiger partial charge in [0.2, 0.25) is 5.91 Å². The molecule has 4 aromatic rings. The number of amides is 1. The normalized spacial score (nSPS) is 11.7. The Balaban J connectivity index is 1.59. The van der Waals surface area contributed by atoms with Crippen LogP contribution in [-0.4, -0.2) is 38.8 Å². The number of hydrogen-bond acceptors (Lipinski definition) is 6. The molecule has 0 bridgehead atoms. The van der Waals surface area contributed by atoms with E-state index in [1.54, 1.807) is 47.5 Å². The van der Waals surface area contributed by atoms with Gasteiger partial charge in [-0.05, 0) is 55.9 Å². The Hall–Kier alpha value is -4.08. The van der Waals surface area contributed by atoms with Crippen molar-refractivity contribution < 1.29 is 23.1 Å². The number of anilines is 1. The van der Waals surface area contributed by atoms with Crippen LogP contribution in [0, 0.1) is 5.41 Å². The highest BCUT2D eigenvalue weighted by atomic mass is 19.3. The van der Waals surface area contributed by atoms with E-state index in [9.17, 15) is 13.6 Å². The molecule has 4 heterocycles. The topological polar surface area (TPSA) is 91.2 Å². The Bertz CT molecular complexity index is 1600. The van der Waals surface area contributed by atoms with E-state index in [1.807, 2.05) is 6.92 Å². The van der Waals surface area contributed by atoms with E-state index in [0.717, 1.165) is 19.3 Å². The molecule has 0 aliphatic rings. The summed E-state index contributed by atoms with van der Waals surface area (Å²) in [4.78, 5) is 31.6. The molecule has 47 heavy (non-hydrogen) atoms. The van der Waals surface area contributed by atoms with Gasteiger partial charge in [0, 0.05) is 30.9 Å². The van der Waals surface area contributed by atoms with Crippen LogP contribution in [-0.2, 0) is 4.79 Å². The number of unbranched alkanes of at least 4 members (excludes halogenated alkanes) is 8. The van der Waals surface area contributed by atoms with E-state index in [0.29, 0.717) is 63.7 Å². The molecule has 0 saturated heterocycles. The molecule has 0 radical (unpaired) electrons. The molecule has 8 nitrogen and oxygen atoms in total. The molecule has 0 spiro atoms. The smallest absolute Gasteiger partial charge is 0.280 e. The molecular formula is C37H49F2N5O3. The fourth-order valence-corrected chi connectivity index (χ4v) is 5.74. The quantitative estimate of drug-likeness (QED) is 0.108. The predicted octanol–water partition coefficient (Wildman–Crippen LogP) is 9.83. The number of halogens is 2. The maximum absolute atomic E-state index is 13.8. The Morgan fingerprint density at radius 3 is 2.28 bits per heavy atom. The largest absolute Gasteiger partial charge is 0.491 e. The number of ether oxygens (including phenoxy) is 1. The molecule has 4 aromatic heterocycles. The number of alkyl halides is 2. The van der Waals surface area contributed by atoms with Crippen LogP contribution in [0.2, 0.25) is 0 Å². The molecule has 1 N–H and O–H groups in total. The van der Waals surface area contributed by atoms with Gasteiger partial charge < -0.3 is 14.9 Å². The maximum Gasteiger partial charge on any atom is 0.280 e. The zero-order chi connectivity index (χ0) is 33.8. The summed E-state index contributed by atoms with van der Waals surface area (Å²) in [6, 6.07) is 9.82. The minimum atomic E-state index is -2.74. The number of aromatic nitrogens is 4. The highest BCUT2D eigenvalue weighted by Gasteiger charge is 2.27. The van der Waals surface area contributed by atoms with Gasteiger partial charge in [0.15, 0.2) is 0 Å². The third kappa shape index (κ3) is 10.2.